The van der Waals surface area contributed by atoms with E-state index >= 15 is 0 Å². The predicted octanol–water partition coefficient (Wildman–Crippen LogP) is -0.649. The number of aliphatic carboxylic acids is 1. The van der Waals surface area contributed by atoms with E-state index < -0.39 is 17.9 Å². The summed E-state index contributed by atoms with van der Waals surface area (Å²) in [6, 6.07) is 4.93. The largest absolute Gasteiger partial charge is 0.549 e. The Labute approximate surface area is 122 Å². The van der Waals surface area contributed by atoms with Crippen LogP contribution < -0.4 is 14.6 Å². The maximum Gasteiger partial charge on any atom is 0.314 e. The number of rotatable bonds is 7. The quantitative estimate of drug-likeness (QED) is 0.488. The van der Waals surface area contributed by atoms with E-state index in [0.717, 1.165) is 0 Å². The SMILES string of the molecule is CCOC(=O)C(Cc1ccc(OC)c(OC)c1)C(=O)[O-].O. The summed E-state index contributed by atoms with van der Waals surface area (Å²) in [7, 11) is 2.98. The number of carbonyl (C=O) groups is 2. The lowest BCUT2D eigenvalue weighted by atomic mass is 9.99. The van der Waals surface area contributed by atoms with Crippen molar-refractivity contribution in [2.75, 3.05) is 20.8 Å². The van der Waals surface area contributed by atoms with E-state index in [-0.39, 0.29) is 18.5 Å². The van der Waals surface area contributed by atoms with Gasteiger partial charge < -0.3 is 29.6 Å². The number of hydrogen-bond acceptors (Lipinski definition) is 6. The highest BCUT2D eigenvalue weighted by atomic mass is 16.5. The van der Waals surface area contributed by atoms with Gasteiger partial charge >= 0.3 is 5.97 Å². The summed E-state index contributed by atoms with van der Waals surface area (Å²) in [4.78, 5) is 22.6. The van der Waals surface area contributed by atoms with E-state index in [1.807, 2.05) is 0 Å². The molecule has 0 aliphatic carbocycles. The number of ether oxygens (including phenoxy) is 3. The van der Waals surface area contributed by atoms with Crippen molar-refractivity contribution in [3.8, 4) is 11.5 Å². The maximum absolute atomic E-state index is 11.6. The van der Waals surface area contributed by atoms with E-state index in [9.17, 15) is 14.7 Å². The first-order valence-corrected chi connectivity index (χ1v) is 6.11. The molecule has 0 aliphatic heterocycles. The molecular weight excluding hydrogens is 280 g/mol. The van der Waals surface area contributed by atoms with Gasteiger partial charge in [0, 0.05) is 0 Å². The molecule has 0 spiro atoms. The van der Waals surface area contributed by atoms with Crippen LogP contribution in [0.3, 0.4) is 0 Å². The van der Waals surface area contributed by atoms with Crippen molar-refractivity contribution in [1.29, 1.82) is 0 Å². The number of benzene rings is 1. The van der Waals surface area contributed by atoms with E-state index in [0.29, 0.717) is 17.1 Å². The van der Waals surface area contributed by atoms with Gasteiger partial charge in [-0.2, -0.15) is 0 Å². The van der Waals surface area contributed by atoms with Crippen LogP contribution in [-0.2, 0) is 20.7 Å². The lowest BCUT2D eigenvalue weighted by Crippen LogP contribution is -2.38. The van der Waals surface area contributed by atoms with E-state index in [1.54, 1.807) is 25.1 Å². The summed E-state index contributed by atoms with van der Waals surface area (Å²) in [5.41, 5.74) is 0.616. The Morgan fingerprint density at radius 1 is 1.19 bits per heavy atom. The van der Waals surface area contributed by atoms with Crippen molar-refractivity contribution in [2.45, 2.75) is 13.3 Å². The van der Waals surface area contributed by atoms with Gasteiger partial charge in [0.1, 0.15) is 5.92 Å². The highest BCUT2D eigenvalue weighted by Gasteiger charge is 2.22. The average Bonchev–Trinajstić information content (AvgIpc) is 2.44. The number of methoxy groups -OCH3 is 2. The molecule has 1 atom stereocenters. The Hall–Kier alpha value is -2.28. The minimum absolute atomic E-state index is 0. The fourth-order valence-corrected chi connectivity index (χ4v) is 1.75. The van der Waals surface area contributed by atoms with E-state index in [4.69, 9.17) is 14.2 Å². The summed E-state index contributed by atoms with van der Waals surface area (Å²) in [6.45, 7) is 1.73. The van der Waals surface area contributed by atoms with Crippen molar-refractivity contribution in [3.63, 3.8) is 0 Å². The topological polar surface area (TPSA) is 116 Å². The van der Waals surface area contributed by atoms with Gasteiger partial charge in [-0.15, -0.1) is 0 Å². The molecule has 118 valence electrons. The Balaban J connectivity index is 0.00000400. The second-order valence-electron chi connectivity index (χ2n) is 4.02. The third kappa shape index (κ3) is 4.96. The Kier molecular flexibility index (Phi) is 7.85. The fourth-order valence-electron chi connectivity index (χ4n) is 1.75. The first kappa shape index (κ1) is 18.7. The summed E-state index contributed by atoms with van der Waals surface area (Å²) < 4.78 is 14.9. The van der Waals surface area contributed by atoms with Gasteiger partial charge in [-0.25, -0.2) is 0 Å². The van der Waals surface area contributed by atoms with Crippen molar-refractivity contribution >= 4 is 11.9 Å². The lowest BCUT2D eigenvalue weighted by molar-refractivity contribution is -0.310. The molecule has 0 bridgehead atoms. The van der Waals surface area contributed by atoms with Crippen LogP contribution in [0.4, 0.5) is 0 Å². The van der Waals surface area contributed by atoms with Crippen LogP contribution in [0, 0.1) is 5.92 Å². The van der Waals surface area contributed by atoms with Crippen molar-refractivity contribution in [1.82, 2.24) is 0 Å². The monoisotopic (exact) mass is 299 g/mol. The minimum Gasteiger partial charge on any atom is -0.549 e. The van der Waals surface area contributed by atoms with Crippen LogP contribution in [0.1, 0.15) is 12.5 Å². The second-order valence-corrected chi connectivity index (χ2v) is 4.02. The second kappa shape index (κ2) is 8.80. The predicted molar refractivity (Wildman–Crippen MR) is 72.0 cm³/mol. The van der Waals surface area contributed by atoms with Crippen LogP contribution in [0.15, 0.2) is 18.2 Å². The van der Waals surface area contributed by atoms with Crippen LogP contribution in [0.2, 0.25) is 0 Å². The van der Waals surface area contributed by atoms with Gasteiger partial charge in [0.15, 0.2) is 11.5 Å². The van der Waals surface area contributed by atoms with E-state index in [2.05, 4.69) is 0 Å². The molecule has 0 amide bonds. The Morgan fingerprint density at radius 3 is 2.29 bits per heavy atom. The van der Waals surface area contributed by atoms with Crippen LogP contribution in [0.5, 0.6) is 11.5 Å². The zero-order valence-corrected chi connectivity index (χ0v) is 12.2. The molecule has 1 rings (SSSR count). The molecule has 21 heavy (non-hydrogen) atoms. The molecule has 0 saturated carbocycles. The van der Waals surface area contributed by atoms with Gasteiger partial charge in [0.05, 0.1) is 26.8 Å². The molecule has 1 aromatic carbocycles. The highest BCUT2D eigenvalue weighted by molar-refractivity contribution is 5.93. The molecule has 7 heteroatoms. The zero-order valence-electron chi connectivity index (χ0n) is 12.2. The smallest absolute Gasteiger partial charge is 0.314 e. The third-order valence-corrected chi connectivity index (χ3v) is 2.74. The molecule has 1 aromatic rings. The minimum atomic E-state index is -1.46. The highest BCUT2D eigenvalue weighted by Crippen LogP contribution is 2.28. The maximum atomic E-state index is 11.6. The van der Waals surface area contributed by atoms with Crippen molar-refractivity contribution < 1.29 is 34.4 Å². The van der Waals surface area contributed by atoms with Crippen LogP contribution in [-0.4, -0.2) is 38.2 Å². The van der Waals surface area contributed by atoms with Gasteiger partial charge in [-0.3, -0.25) is 4.79 Å². The molecule has 0 aromatic heterocycles. The van der Waals surface area contributed by atoms with Crippen LogP contribution >= 0.6 is 0 Å². The lowest BCUT2D eigenvalue weighted by Gasteiger charge is -2.17. The van der Waals surface area contributed by atoms with Gasteiger partial charge in [-0.1, -0.05) is 6.07 Å². The molecule has 7 nitrogen and oxygen atoms in total. The standard InChI is InChI=1S/C14H18O6.H2O/c1-4-20-14(17)10(13(15)16)7-9-5-6-11(18-2)12(8-9)19-3;/h5-6,8,10H,4,7H2,1-3H3,(H,15,16);1H2/p-1. The summed E-state index contributed by atoms with van der Waals surface area (Å²) in [5, 5.41) is 11.0. The number of carbonyl (C=O) groups excluding carboxylic acids is 2. The number of hydrogen-bond donors (Lipinski definition) is 0. The van der Waals surface area contributed by atoms with Crippen molar-refractivity contribution in [2.24, 2.45) is 5.92 Å². The zero-order chi connectivity index (χ0) is 15.1. The fraction of sp³-hybridized carbons (Fsp3) is 0.429. The molecule has 0 heterocycles. The summed E-state index contributed by atoms with van der Waals surface area (Å²) in [5.74, 6) is -2.61. The summed E-state index contributed by atoms with van der Waals surface area (Å²) in [6.07, 6.45) is -0.0263. The molecule has 1 unspecified atom stereocenters. The third-order valence-electron chi connectivity index (χ3n) is 2.74. The normalized spacial score (nSPS) is 11.0. The average molecular weight is 299 g/mol. The Bertz CT molecular complexity index is 484. The van der Waals surface area contributed by atoms with Gasteiger partial charge in [0.25, 0.3) is 0 Å². The first-order valence-electron chi connectivity index (χ1n) is 6.11. The first-order chi connectivity index (χ1) is 9.53. The number of carboxylic acids is 1. The van der Waals surface area contributed by atoms with E-state index in [1.165, 1.54) is 14.2 Å². The molecule has 0 radical (unpaired) electrons. The van der Waals surface area contributed by atoms with Gasteiger partial charge in [-0.05, 0) is 31.0 Å². The van der Waals surface area contributed by atoms with Crippen molar-refractivity contribution in [3.05, 3.63) is 23.8 Å². The number of carboxylic acid groups (broad SMARTS) is 1. The molecular formula is C14H19O7-. The Morgan fingerprint density at radius 2 is 1.81 bits per heavy atom. The molecule has 0 saturated heterocycles. The number of esters is 1. The molecule has 0 fully saturated rings. The summed E-state index contributed by atoms with van der Waals surface area (Å²) >= 11 is 0. The van der Waals surface area contributed by atoms with Gasteiger partial charge in [0.2, 0.25) is 0 Å². The molecule has 2 N–H and O–H groups in total. The molecule has 0 aliphatic rings. The van der Waals surface area contributed by atoms with Crippen LogP contribution in [0.25, 0.3) is 0 Å².